The van der Waals surface area contributed by atoms with Gasteiger partial charge in [0.15, 0.2) is 0 Å². The molecule has 0 spiro atoms. The average Bonchev–Trinajstić information content (AvgIpc) is 2.70. The van der Waals surface area contributed by atoms with E-state index in [2.05, 4.69) is 12.2 Å². The zero-order valence-corrected chi connectivity index (χ0v) is 8.89. The van der Waals surface area contributed by atoms with Crippen molar-refractivity contribution >= 4 is 0 Å². The van der Waals surface area contributed by atoms with Gasteiger partial charge in [0, 0.05) is 6.04 Å². The SMILES string of the molecule is CCC1CCCCC1C1CCCN1. The summed E-state index contributed by atoms with van der Waals surface area (Å²) in [6, 6.07) is 0.880. The van der Waals surface area contributed by atoms with Crippen molar-refractivity contribution in [1.82, 2.24) is 5.32 Å². The predicted molar refractivity (Wildman–Crippen MR) is 56.8 cm³/mol. The molecular weight excluding hydrogens is 158 g/mol. The molecule has 1 saturated carbocycles. The summed E-state index contributed by atoms with van der Waals surface area (Å²) in [4.78, 5) is 0. The minimum absolute atomic E-state index is 0.880. The first kappa shape index (κ1) is 9.51. The Bertz CT molecular complexity index is 147. The third-order valence-corrected chi connectivity index (χ3v) is 4.11. The van der Waals surface area contributed by atoms with E-state index >= 15 is 0 Å². The van der Waals surface area contributed by atoms with Gasteiger partial charge in [-0.15, -0.1) is 0 Å². The molecule has 1 nitrogen and oxygen atoms in total. The second-order valence-electron chi connectivity index (χ2n) is 4.82. The Kier molecular flexibility index (Phi) is 3.26. The Morgan fingerprint density at radius 1 is 1.08 bits per heavy atom. The molecule has 0 aromatic carbocycles. The summed E-state index contributed by atoms with van der Waals surface area (Å²) in [6.07, 6.45) is 10.2. The molecule has 1 heterocycles. The molecule has 1 aliphatic carbocycles. The Morgan fingerprint density at radius 2 is 1.92 bits per heavy atom. The van der Waals surface area contributed by atoms with Crippen molar-refractivity contribution in [1.29, 1.82) is 0 Å². The Labute approximate surface area is 82.3 Å². The molecule has 0 amide bonds. The standard InChI is InChI=1S/C12H23N/c1-2-10-6-3-4-7-11(10)12-8-5-9-13-12/h10-13H,2-9H2,1H3. The molecule has 2 aliphatic rings. The minimum Gasteiger partial charge on any atom is -0.314 e. The largest absolute Gasteiger partial charge is 0.314 e. The van der Waals surface area contributed by atoms with Crippen LogP contribution in [0.1, 0.15) is 51.9 Å². The lowest BCUT2D eigenvalue weighted by Gasteiger charge is -2.35. The van der Waals surface area contributed by atoms with Crippen LogP contribution in [0.4, 0.5) is 0 Å². The monoisotopic (exact) mass is 181 g/mol. The third-order valence-electron chi connectivity index (χ3n) is 4.11. The van der Waals surface area contributed by atoms with Crippen LogP contribution >= 0.6 is 0 Å². The van der Waals surface area contributed by atoms with Crippen LogP contribution < -0.4 is 5.32 Å². The van der Waals surface area contributed by atoms with Gasteiger partial charge in [-0.1, -0.05) is 32.6 Å². The Balaban J connectivity index is 1.93. The van der Waals surface area contributed by atoms with Crippen molar-refractivity contribution in [2.24, 2.45) is 11.8 Å². The van der Waals surface area contributed by atoms with E-state index in [1.54, 1.807) is 0 Å². The topological polar surface area (TPSA) is 12.0 Å². The molecule has 13 heavy (non-hydrogen) atoms. The van der Waals surface area contributed by atoms with Crippen molar-refractivity contribution in [3.63, 3.8) is 0 Å². The van der Waals surface area contributed by atoms with Crippen LogP contribution in [0.2, 0.25) is 0 Å². The van der Waals surface area contributed by atoms with Gasteiger partial charge in [0.1, 0.15) is 0 Å². The summed E-state index contributed by atoms with van der Waals surface area (Å²) in [5.41, 5.74) is 0. The number of rotatable bonds is 2. The maximum atomic E-state index is 3.69. The van der Waals surface area contributed by atoms with Crippen molar-refractivity contribution in [2.75, 3.05) is 6.54 Å². The first-order valence-corrected chi connectivity index (χ1v) is 6.15. The summed E-state index contributed by atoms with van der Waals surface area (Å²) in [7, 11) is 0. The van der Waals surface area contributed by atoms with Gasteiger partial charge in [-0.25, -0.2) is 0 Å². The van der Waals surface area contributed by atoms with Gasteiger partial charge < -0.3 is 5.32 Å². The molecule has 0 radical (unpaired) electrons. The van der Waals surface area contributed by atoms with Gasteiger partial charge in [-0.3, -0.25) is 0 Å². The maximum absolute atomic E-state index is 3.69. The van der Waals surface area contributed by atoms with Crippen LogP contribution in [0.3, 0.4) is 0 Å². The van der Waals surface area contributed by atoms with Crippen LogP contribution in [-0.4, -0.2) is 12.6 Å². The van der Waals surface area contributed by atoms with Crippen molar-refractivity contribution in [2.45, 2.75) is 57.9 Å². The van der Waals surface area contributed by atoms with E-state index in [1.807, 2.05) is 0 Å². The van der Waals surface area contributed by atoms with E-state index in [0.29, 0.717) is 0 Å². The van der Waals surface area contributed by atoms with E-state index in [1.165, 1.54) is 51.5 Å². The van der Waals surface area contributed by atoms with Gasteiger partial charge >= 0.3 is 0 Å². The highest BCUT2D eigenvalue weighted by atomic mass is 14.9. The Hall–Kier alpha value is -0.0400. The molecule has 1 saturated heterocycles. The van der Waals surface area contributed by atoms with Crippen LogP contribution in [0.5, 0.6) is 0 Å². The predicted octanol–water partition coefficient (Wildman–Crippen LogP) is 2.95. The van der Waals surface area contributed by atoms with Crippen LogP contribution in [0.15, 0.2) is 0 Å². The van der Waals surface area contributed by atoms with E-state index in [9.17, 15) is 0 Å². The van der Waals surface area contributed by atoms with E-state index in [0.717, 1.165) is 17.9 Å². The zero-order chi connectivity index (χ0) is 9.10. The molecule has 3 atom stereocenters. The molecule has 0 aromatic rings. The van der Waals surface area contributed by atoms with Crippen LogP contribution in [0.25, 0.3) is 0 Å². The minimum atomic E-state index is 0.880. The van der Waals surface area contributed by atoms with E-state index in [4.69, 9.17) is 0 Å². The third kappa shape index (κ3) is 2.07. The number of hydrogen-bond donors (Lipinski definition) is 1. The summed E-state index contributed by atoms with van der Waals surface area (Å²) in [5.74, 6) is 2.05. The molecule has 1 aliphatic heterocycles. The highest BCUT2D eigenvalue weighted by Gasteiger charge is 2.31. The smallest absolute Gasteiger partial charge is 0.00984 e. The van der Waals surface area contributed by atoms with Crippen molar-refractivity contribution in [3.8, 4) is 0 Å². The lowest BCUT2D eigenvalue weighted by Crippen LogP contribution is -2.36. The number of hydrogen-bond acceptors (Lipinski definition) is 1. The normalized spacial score (nSPS) is 40.8. The molecular formula is C12H23N. The number of nitrogens with one attached hydrogen (secondary N) is 1. The quantitative estimate of drug-likeness (QED) is 0.690. The lowest BCUT2D eigenvalue weighted by molar-refractivity contribution is 0.185. The molecule has 2 fully saturated rings. The Morgan fingerprint density at radius 3 is 2.62 bits per heavy atom. The molecule has 76 valence electrons. The summed E-state index contributed by atoms with van der Waals surface area (Å²) >= 11 is 0. The highest BCUT2D eigenvalue weighted by molar-refractivity contribution is 4.87. The molecule has 0 bridgehead atoms. The van der Waals surface area contributed by atoms with Gasteiger partial charge in [0.2, 0.25) is 0 Å². The summed E-state index contributed by atoms with van der Waals surface area (Å²) < 4.78 is 0. The van der Waals surface area contributed by atoms with Gasteiger partial charge in [-0.2, -0.15) is 0 Å². The molecule has 2 rings (SSSR count). The van der Waals surface area contributed by atoms with E-state index in [-0.39, 0.29) is 0 Å². The average molecular weight is 181 g/mol. The fourth-order valence-corrected chi connectivity index (χ4v) is 3.35. The molecule has 1 heteroatoms. The summed E-state index contributed by atoms with van der Waals surface area (Å²) in [5, 5.41) is 3.69. The fraction of sp³-hybridized carbons (Fsp3) is 1.00. The lowest BCUT2D eigenvalue weighted by atomic mass is 9.74. The van der Waals surface area contributed by atoms with Crippen molar-refractivity contribution < 1.29 is 0 Å². The molecule has 3 unspecified atom stereocenters. The second kappa shape index (κ2) is 4.45. The van der Waals surface area contributed by atoms with Gasteiger partial charge in [-0.05, 0) is 37.6 Å². The first-order chi connectivity index (χ1) is 6.42. The molecule has 1 N–H and O–H groups in total. The zero-order valence-electron chi connectivity index (χ0n) is 8.89. The molecule has 0 aromatic heterocycles. The van der Waals surface area contributed by atoms with E-state index < -0.39 is 0 Å². The first-order valence-electron chi connectivity index (χ1n) is 6.15. The van der Waals surface area contributed by atoms with Crippen LogP contribution in [-0.2, 0) is 0 Å². The fourth-order valence-electron chi connectivity index (χ4n) is 3.35. The van der Waals surface area contributed by atoms with Gasteiger partial charge in [0.05, 0.1) is 0 Å². The highest BCUT2D eigenvalue weighted by Crippen LogP contribution is 2.36. The summed E-state index contributed by atoms with van der Waals surface area (Å²) in [6.45, 7) is 3.65. The van der Waals surface area contributed by atoms with Crippen molar-refractivity contribution in [3.05, 3.63) is 0 Å². The van der Waals surface area contributed by atoms with Gasteiger partial charge in [0.25, 0.3) is 0 Å². The second-order valence-corrected chi connectivity index (χ2v) is 4.82. The maximum Gasteiger partial charge on any atom is 0.00984 e. The van der Waals surface area contributed by atoms with Crippen LogP contribution in [0, 0.1) is 11.8 Å².